The zero-order valence-corrected chi connectivity index (χ0v) is 24.6. The highest BCUT2D eigenvalue weighted by atomic mass is 16.5. The van der Waals surface area contributed by atoms with Crippen molar-refractivity contribution in [3.05, 3.63) is 76.4 Å². The van der Waals surface area contributed by atoms with Gasteiger partial charge in [-0.15, -0.1) is 0 Å². The number of aliphatic imine (C=N–C) groups is 1. The highest BCUT2D eigenvalue weighted by molar-refractivity contribution is 5.90. The third-order valence-corrected chi connectivity index (χ3v) is 6.60. The second kappa shape index (κ2) is 17.0. The van der Waals surface area contributed by atoms with Crippen LogP contribution in [0.2, 0.25) is 0 Å². The van der Waals surface area contributed by atoms with E-state index in [1.54, 1.807) is 44.2 Å². The van der Waals surface area contributed by atoms with Crippen LogP contribution in [0.4, 0.5) is 0 Å². The fourth-order valence-corrected chi connectivity index (χ4v) is 4.42. The summed E-state index contributed by atoms with van der Waals surface area (Å²) >= 11 is 0. The molecule has 3 rings (SSSR count). The van der Waals surface area contributed by atoms with E-state index in [0.717, 1.165) is 5.56 Å². The molecule has 2 amide bonds. The number of nitrogens with two attached hydrogens (primary N) is 4. The number of amides is 2. The number of aryl methyl sites for hydroxylation is 2. The fourth-order valence-electron chi connectivity index (χ4n) is 4.42. The van der Waals surface area contributed by atoms with Crippen LogP contribution in [-0.2, 0) is 22.4 Å². The number of benzene rings is 2. The summed E-state index contributed by atoms with van der Waals surface area (Å²) in [5.41, 5.74) is 24.5. The van der Waals surface area contributed by atoms with Crippen LogP contribution in [0.1, 0.15) is 82.9 Å². The Hall–Kier alpha value is -4.49. The van der Waals surface area contributed by atoms with Crippen molar-refractivity contribution in [2.75, 3.05) is 13.0 Å². The molecular weight excluding hydrogens is 562 g/mol. The van der Waals surface area contributed by atoms with Crippen molar-refractivity contribution in [2.24, 2.45) is 27.9 Å². The maximum atomic E-state index is 14.2. The number of carbonyl (C=O) groups excluding carboxylic acids is 2. The predicted molar refractivity (Wildman–Crippen MR) is 168 cm³/mol. The number of nitrogens with zero attached hydrogens (tertiary/aromatic N) is 3. The number of phenolic OH excluding ortho intramolecular Hbond substituents is 1. The van der Waals surface area contributed by atoms with E-state index in [0.29, 0.717) is 23.1 Å². The molecule has 0 saturated heterocycles. The van der Waals surface area contributed by atoms with Crippen molar-refractivity contribution >= 4 is 17.8 Å². The van der Waals surface area contributed by atoms with E-state index in [2.05, 4.69) is 25.8 Å². The second-order valence-electron chi connectivity index (χ2n) is 10.1. The number of nitrogens with one attached hydrogen (secondary N) is 2. The van der Waals surface area contributed by atoms with Crippen molar-refractivity contribution in [3.8, 4) is 5.75 Å². The monoisotopic (exact) mass is 615 g/mol. The summed E-state index contributed by atoms with van der Waals surface area (Å²) in [5.74, 6) is -2.70. The molecule has 44 heavy (non-hydrogen) atoms. The first-order valence-corrected chi connectivity index (χ1v) is 13.9. The topological polar surface area (TPSA) is 234 Å². The number of rotatable bonds is 17. The molecule has 0 radical (unpaired) electrons. The van der Waals surface area contributed by atoms with Crippen molar-refractivity contribution in [1.82, 2.24) is 20.8 Å². The van der Waals surface area contributed by atoms with Gasteiger partial charge in [0.15, 0.2) is 11.8 Å². The lowest BCUT2D eigenvalue weighted by molar-refractivity contribution is -0.130. The van der Waals surface area contributed by atoms with Gasteiger partial charge in [-0.3, -0.25) is 14.6 Å². The molecule has 0 aliphatic heterocycles. The molecule has 3 atom stereocenters. The lowest BCUT2D eigenvalue weighted by Crippen LogP contribution is -2.53. The van der Waals surface area contributed by atoms with E-state index in [1.165, 1.54) is 12.1 Å². The number of aromatic nitrogens is 2. The van der Waals surface area contributed by atoms with Gasteiger partial charge in [0.25, 0.3) is 0 Å². The molecular formula is C31H45N9O4. The summed E-state index contributed by atoms with van der Waals surface area (Å²) in [4.78, 5) is 35.6. The van der Waals surface area contributed by atoms with Crippen LogP contribution in [0.25, 0.3) is 0 Å². The van der Waals surface area contributed by atoms with Crippen LogP contribution in [0.3, 0.4) is 0 Å². The molecule has 0 spiro atoms. The molecule has 2 aromatic carbocycles. The quantitative estimate of drug-likeness (QED) is 0.0654. The van der Waals surface area contributed by atoms with Gasteiger partial charge in [0, 0.05) is 30.4 Å². The third-order valence-electron chi connectivity index (χ3n) is 6.60. The first kappa shape index (κ1) is 23.9. The highest BCUT2D eigenvalue weighted by Crippen LogP contribution is 2.23. The Kier molecular flexibility index (Phi) is 9.22. The Morgan fingerprint density at radius 3 is 2.45 bits per heavy atom. The number of guanidine groups is 1. The highest BCUT2D eigenvalue weighted by Gasteiger charge is 2.29. The summed E-state index contributed by atoms with van der Waals surface area (Å²) in [6, 6.07) is 6.82. The number of phenols is 1. The molecule has 11 N–H and O–H groups in total. The molecule has 1 heterocycles. The Balaban J connectivity index is 2.08. The molecule has 0 unspecified atom stereocenters. The Bertz CT molecular complexity index is 1710. The average molecular weight is 616 g/mol. The normalized spacial score (nSPS) is 17.1. The maximum Gasteiger partial charge on any atom is 0.249 e. The summed E-state index contributed by atoms with van der Waals surface area (Å²) < 4.78 is 72.2. The van der Waals surface area contributed by atoms with Crippen molar-refractivity contribution < 1.29 is 30.2 Å². The van der Waals surface area contributed by atoms with Gasteiger partial charge in [-0.25, -0.2) is 0 Å². The van der Waals surface area contributed by atoms with Gasteiger partial charge in [0.05, 0.1) is 6.04 Å². The van der Waals surface area contributed by atoms with Crippen LogP contribution in [0.5, 0.6) is 5.75 Å². The summed E-state index contributed by atoms with van der Waals surface area (Å²) in [6.45, 7) is 0.121. The minimum absolute atomic E-state index is 0.0147. The molecule has 0 aliphatic rings. The Morgan fingerprint density at radius 1 is 1.09 bits per heavy atom. The van der Waals surface area contributed by atoms with E-state index in [4.69, 9.17) is 38.4 Å². The van der Waals surface area contributed by atoms with Gasteiger partial charge >= 0.3 is 0 Å². The molecule has 0 saturated carbocycles. The van der Waals surface area contributed by atoms with Gasteiger partial charge < -0.3 is 43.2 Å². The smallest absolute Gasteiger partial charge is 0.249 e. The molecule has 0 bridgehead atoms. The number of hydrogen-bond acceptors (Lipinski definition) is 9. The van der Waals surface area contributed by atoms with Crippen molar-refractivity contribution in [1.29, 1.82) is 0 Å². The van der Waals surface area contributed by atoms with Crippen LogP contribution in [0, 0.1) is 13.8 Å². The number of hydrogen-bond donors (Lipinski definition) is 7. The third kappa shape index (κ3) is 10.7. The van der Waals surface area contributed by atoms with Gasteiger partial charge in [0.1, 0.15) is 17.8 Å². The average Bonchev–Trinajstić information content (AvgIpc) is 3.49. The first-order valence-electron chi connectivity index (χ1n) is 17.9. The van der Waals surface area contributed by atoms with Gasteiger partial charge in [-0.05, 0) is 86.7 Å². The minimum Gasteiger partial charge on any atom is -0.508 e. The fraction of sp³-hybridized carbons (Fsp3) is 0.452. The zero-order chi connectivity index (χ0) is 39.2. The van der Waals surface area contributed by atoms with Gasteiger partial charge in [-0.1, -0.05) is 35.5 Å². The van der Waals surface area contributed by atoms with Gasteiger partial charge in [0.2, 0.25) is 17.7 Å². The zero-order valence-electron chi connectivity index (χ0n) is 32.6. The molecule has 1 aromatic heterocycles. The minimum atomic E-state index is -3.76. The van der Waals surface area contributed by atoms with E-state index < -0.39 is 61.4 Å². The van der Waals surface area contributed by atoms with Crippen LogP contribution in [-0.4, -0.2) is 58.1 Å². The Morgan fingerprint density at radius 2 is 1.80 bits per heavy atom. The van der Waals surface area contributed by atoms with Crippen LogP contribution < -0.4 is 33.6 Å². The SMILES string of the molecule is [2H]C([2H])(N)C([2H])([2H])C([2H])([2H])C([2H])([2H])[C@H](NC(=O)[C@H](Cc1c(C)cc(O)cc1C)NC(=O)[C@H](N)CCCN=C(N)N)c1nc(Cc2ccccc2)no1. The number of aromatic hydroxyl groups is 1. The lowest BCUT2D eigenvalue weighted by atomic mass is 9.95. The second-order valence-corrected chi connectivity index (χ2v) is 10.1. The molecule has 0 fully saturated rings. The molecule has 13 heteroatoms. The molecule has 3 aromatic rings. The summed E-state index contributed by atoms with van der Waals surface area (Å²) in [6.07, 6.45) is -10.7. The van der Waals surface area contributed by atoms with Gasteiger partial charge in [-0.2, -0.15) is 4.98 Å². The standard InChI is InChI=1S/C31H45N9O4/c1-19-15-22(41)16-20(2)23(19)18-26(38-28(42)24(33)11-8-14-36-31(34)35)29(43)37-25(12-6-7-13-32)30-39-27(40-44-30)17-21-9-4-3-5-10-21/h3-5,9-10,15-16,24-26,41H,6-8,11-14,17-18,32-33H2,1-2H3,(H,37,43)(H,38,42)(H4,34,35,36)/t24-,25+,26+/m1/s1/i6D2,7D2,12D2,13D2. The van der Waals surface area contributed by atoms with Crippen molar-refractivity contribution in [3.63, 3.8) is 0 Å². The molecule has 13 nitrogen and oxygen atoms in total. The Labute approximate surface area is 269 Å². The maximum absolute atomic E-state index is 14.2. The number of carbonyl (C=O) groups is 2. The predicted octanol–water partition coefficient (Wildman–Crippen LogP) is 1.38. The largest absolute Gasteiger partial charge is 0.508 e. The van der Waals surface area contributed by atoms with Crippen LogP contribution >= 0.6 is 0 Å². The first-order chi connectivity index (χ1) is 24.0. The van der Waals surface area contributed by atoms with E-state index in [-0.39, 0.29) is 43.3 Å². The molecule has 238 valence electrons. The van der Waals surface area contributed by atoms with Crippen LogP contribution in [0.15, 0.2) is 52.0 Å². The van der Waals surface area contributed by atoms with Crippen molar-refractivity contribution in [2.45, 2.75) is 76.8 Å². The van der Waals surface area contributed by atoms with E-state index in [9.17, 15) is 14.7 Å². The van der Waals surface area contributed by atoms with E-state index >= 15 is 0 Å². The van der Waals surface area contributed by atoms with E-state index in [1.807, 2.05) is 0 Å². The summed E-state index contributed by atoms with van der Waals surface area (Å²) in [7, 11) is 0. The lowest BCUT2D eigenvalue weighted by Gasteiger charge is -2.24. The molecule has 0 aliphatic carbocycles. The summed E-state index contributed by atoms with van der Waals surface area (Å²) in [5, 5.41) is 18.8.